The van der Waals surface area contributed by atoms with Crippen LogP contribution in [0.1, 0.15) is 25.3 Å². The molecule has 1 fully saturated rings. The Morgan fingerprint density at radius 1 is 1.10 bits per heavy atom. The van der Waals surface area contributed by atoms with Gasteiger partial charge < -0.3 is 5.73 Å². The highest BCUT2D eigenvalue weighted by molar-refractivity contribution is 7.93. The monoisotopic (exact) mass is 317 g/mol. The molecule has 0 aromatic heterocycles. The zero-order valence-corrected chi connectivity index (χ0v) is 13.4. The van der Waals surface area contributed by atoms with E-state index in [1.54, 1.807) is 12.1 Å². The van der Waals surface area contributed by atoms with Gasteiger partial charge in [-0.2, -0.15) is 0 Å². The van der Waals surface area contributed by atoms with Crippen LogP contribution in [0, 0.1) is 0 Å². The number of hydrogen-bond acceptors (Lipinski definition) is 5. The molecule has 20 heavy (non-hydrogen) atoms. The van der Waals surface area contributed by atoms with Crippen molar-refractivity contribution in [3.05, 3.63) is 23.8 Å². The minimum absolute atomic E-state index is 0.0858. The van der Waals surface area contributed by atoms with E-state index in [9.17, 15) is 16.8 Å². The highest BCUT2D eigenvalue weighted by atomic mass is 32.2. The summed E-state index contributed by atoms with van der Waals surface area (Å²) in [6.07, 6.45) is 3.62. The molecule has 1 atom stereocenters. The highest BCUT2D eigenvalue weighted by Crippen LogP contribution is 2.52. The molecule has 1 unspecified atom stereocenters. The standard InChI is InChI=1S/C13H19NO4S2/c1-9(14)13(7-8-13)10-5-4-6-11(19(2,15)16)12(10)20(3,17)18/h4-6,9H,7-8,14H2,1-3H3. The molecule has 112 valence electrons. The molecule has 0 saturated heterocycles. The summed E-state index contributed by atoms with van der Waals surface area (Å²) in [4.78, 5) is -0.221. The number of hydrogen-bond donors (Lipinski definition) is 1. The molecule has 0 radical (unpaired) electrons. The molecule has 0 amide bonds. The number of rotatable bonds is 4. The fourth-order valence-corrected chi connectivity index (χ4v) is 5.47. The van der Waals surface area contributed by atoms with Crippen LogP contribution >= 0.6 is 0 Å². The van der Waals surface area contributed by atoms with Crippen molar-refractivity contribution in [2.45, 2.75) is 41.0 Å². The van der Waals surface area contributed by atoms with Crippen molar-refractivity contribution in [1.82, 2.24) is 0 Å². The van der Waals surface area contributed by atoms with E-state index < -0.39 is 25.1 Å². The Bertz CT molecular complexity index is 745. The van der Waals surface area contributed by atoms with Crippen LogP contribution in [0.3, 0.4) is 0 Å². The molecule has 1 aromatic carbocycles. The summed E-state index contributed by atoms with van der Waals surface area (Å²) in [5.74, 6) is 0. The van der Waals surface area contributed by atoms with Gasteiger partial charge in [0.05, 0.1) is 9.79 Å². The molecule has 2 rings (SSSR count). The first-order valence-electron chi connectivity index (χ1n) is 6.29. The fraction of sp³-hybridized carbons (Fsp3) is 0.538. The Hall–Kier alpha value is -0.920. The Labute approximate surface area is 120 Å². The van der Waals surface area contributed by atoms with Crippen LogP contribution in [0.2, 0.25) is 0 Å². The third-order valence-electron chi connectivity index (χ3n) is 3.95. The van der Waals surface area contributed by atoms with Gasteiger partial charge in [0, 0.05) is 24.0 Å². The summed E-state index contributed by atoms with van der Waals surface area (Å²) in [5.41, 5.74) is 6.11. The molecule has 0 spiro atoms. The largest absolute Gasteiger partial charge is 0.327 e. The van der Waals surface area contributed by atoms with E-state index in [-0.39, 0.29) is 15.8 Å². The lowest BCUT2D eigenvalue weighted by Gasteiger charge is -2.24. The summed E-state index contributed by atoms with van der Waals surface area (Å²) in [6.45, 7) is 1.83. The average molecular weight is 317 g/mol. The minimum Gasteiger partial charge on any atom is -0.327 e. The number of benzene rings is 1. The molecule has 1 aliphatic rings. The Morgan fingerprint density at radius 3 is 2.00 bits per heavy atom. The molecule has 5 nitrogen and oxygen atoms in total. The van der Waals surface area contributed by atoms with Crippen LogP contribution in [0.25, 0.3) is 0 Å². The van der Waals surface area contributed by atoms with Crippen molar-refractivity contribution in [1.29, 1.82) is 0 Å². The van der Waals surface area contributed by atoms with Gasteiger partial charge in [0.25, 0.3) is 0 Å². The van der Waals surface area contributed by atoms with Gasteiger partial charge in [-0.3, -0.25) is 0 Å². The Kier molecular flexibility index (Phi) is 3.51. The maximum atomic E-state index is 12.1. The van der Waals surface area contributed by atoms with Crippen molar-refractivity contribution in [3.8, 4) is 0 Å². The van der Waals surface area contributed by atoms with E-state index in [1.807, 2.05) is 6.92 Å². The van der Waals surface area contributed by atoms with Crippen LogP contribution in [-0.2, 0) is 25.1 Å². The molecule has 7 heteroatoms. The van der Waals surface area contributed by atoms with Crippen LogP contribution in [-0.4, -0.2) is 35.4 Å². The van der Waals surface area contributed by atoms with Gasteiger partial charge >= 0.3 is 0 Å². The predicted molar refractivity (Wildman–Crippen MR) is 77.2 cm³/mol. The lowest BCUT2D eigenvalue weighted by Crippen LogP contribution is -2.33. The normalized spacial score (nSPS) is 19.6. The van der Waals surface area contributed by atoms with Crippen molar-refractivity contribution < 1.29 is 16.8 Å². The van der Waals surface area contributed by atoms with E-state index in [4.69, 9.17) is 5.73 Å². The van der Waals surface area contributed by atoms with Crippen LogP contribution in [0.15, 0.2) is 28.0 Å². The predicted octanol–water partition coefficient (Wildman–Crippen LogP) is 0.872. The summed E-state index contributed by atoms with van der Waals surface area (Å²) in [6, 6.07) is 4.38. The summed E-state index contributed by atoms with van der Waals surface area (Å²) in [7, 11) is -7.28. The maximum absolute atomic E-state index is 12.1. The van der Waals surface area contributed by atoms with Crippen molar-refractivity contribution >= 4 is 19.7 Å². The van der Waals surface area contributed by atoms with Gasteiger partial charge in [-0.05, 0) is 31.4 Å². The SMILES string of the molecule is CC(N)C1(c2cccc(S(C)(=O)=O)c2S(C)(=O)=O)CC1. The van der Waals surface area contributed by atoms with Crippen molar-refractivity contribution in [3.63, 3.8) is 0 Å². The molecule has 0 heterocycles. The molecule has 1 saturated carbocycles. The van der Waals surface area contributed by atoms with Gasteiger partial charge in [-0.25, -0.2) is 16.8 Å². The lowest BCUT2D eigenvalue weighted by molar-refractivity contribution is 0.536. The van der Waals surface area contributed by atoms with Crippen molar-refractivity contribution in [2.24, 2.45) is 5.73 Å². The van der Waals surface area contributed by atoms with Crippen LogP contribution in [0.4, 0.5) is 0 Å². The quantitative estimate of drug-likeness (QED) is 0.889. The molecule has 2 N–H and O–H groups in total. The smallest absolute Gasteiger partial charge is 0.177 e. The van der Waals surface area contributed by atoms with Crippen LogP contribution in [0.5, 0.6) is 0 Å². The first-order valence-corrected chi connectivity index (χ1v) is 10.1. The molecule has 1 aromatic rings. The molecule has 0 bridgehead atoms. The molecule has 1 aliphatic carbocycles. The Morgan fingerprint density at radius 2 is 1.65 bits per heavy atom. The number of sulfone groups is 2. The number of nitrogens with two attached hydrogens (primary N) is 1. The van der Waals surface area contributed by atoms with Gasteiger partial charge in [0.1, 0.15) is 0 Å². The van der Waals surface area contributed by atoms with Gasteiger partial charge in [0.2, 0.25) is 0 Å². The first kappa shape index (κ1) is 15.5. The van der Waals surface area contributed by atoms with Crippen molar-refractivity contribution in [2.75, 3.05) is 12.5 Å². The van der Waals surface area contributed by atoms with Crippen LogP contribution < -0.4 is 5.73 Å². The minimum atomic E-state index is -3.66. The summed E-state index contributed by atoms with van der Waals surface area (Å²) in [5, 5.41) is 0. The second-order valence-corrected chi connectivity index (χ2v) is 9.56. The zero-order chi connectivity index (χ0) is 15.3. The zero-order valence-electron chi connectivity index (χ0n) is 11.8. The third-order valence-corrected chi connectivity index (χ3v) is 6.40. The van der Waals surface area contributed by atoms with E-state index in [0.29, 0.717) is 5.56 Å². The summed E-state index contributed by atoms with van der Waals surface area (Å²) < 4.78 is 48.0. The Balaban J connectivity index is 2.85. The summed E-state index contributed by atoms with van der Waals surface area (Å²) >= 11 is 0. The topological polar surface area (TPSA) is 94.3 Å². The first-order chi connectivity index (χ1) is 9.00. The maximum Gasteiger partial charge on any atom is 0.177 e. The molecule has 0 aliphatic heterocycles. The van der Waals surface area contributed by atoms with E-state index >= 15 is 0 Å². The van der Waals surface area contributed by atoms with Gasteiger partial charge in [0.15, 0.2) is 19.7 Å². The second-order valence-electron chi connectivity index (χ2n) is 5.62. The van der Waals surface area contributed by atoms with Gasteiger partial charge in [-0.15, -0.1) is 0 Å². The average Bonchev–Trinajstić information content (AvgIpc) is 3.06. The fourth-order valence-electron chi connectivity index (χ4n) is 2.69. The molecular weight excluding hydrogens is 298 g/mol. The second kappa shape index (κ2) is 4.54. The van der Waals surface area contributed by atoms with E-state index in [1.165, 1.54) is 6.07 Å². The van der Waals surface area contributed by atoms with Gasteiger partial charge in [-0.1, -0.05) is 12.1 Å². The van der Waals surface area contributed by atoms with E-state index in [2.05, 4.69) is 0 Å². The molecular formula is C13H19NO4S2. The lowest BCUT2D eigenvalue weighted by atomic mass is 9.89. The van der Waals surface area contributed by atoms with E-state index in [0.717, 1.165) is 25.4 Å². The third kappa shape index (κ3) is 2.49. The highest BCUT2D eigenvalue weighted by Gasteiger charge is 2.50.